The van der Waals surface area contributed by atoms with Crippen molar-refractivity contribution < 1.29 is 0 Å². The van der Waals surface area contributed by atoms with Gasteiger partial charge >= 0.3 is 0 Å². The zero-order chi connectivity index (χ0) is 13.8. The molecule has 0 amide bonds. The fourth-order valence-corrected chi connectivity index (χ4v) is 2.23. The molecule has 0 fully saturated rings. The Bertz CT molecular complexity index is 523. The number of aryl methyl sites for hydroxylation is 2. The first-order valence-electron chi connectivity index (χ1n) is 6.95. The summed E-state index contributed by atoms with van der Waals surface area (Å²) in [5.41, 5.74) is 4.99. The molecule has 0 saturated heterocycles. The van der Waals surface area contributed by atoms with Crippen LogP contribution < -0.4 is 5.32 Å². The Labute approximate surface area is 115 Å². The fourth-order valence-electron chi connectivity index (χ4n) is 2.23. The van der Waals surface area contributed by atoms with Gasteiger partial charge in [-0.15, -0.1) is 0 Å². The maximum Gasteiger partial charge on any atom is 0.0699 e. The van der Waals surface area contributed by atoms with E-state index in [1.807, 2.05) is 11.7 Å². The van der Waals surface area contributed by atoms with E-state index in [-0.39, 0.29) is 0 Å². The van der Waals surface area contributed by atoms with E-state index < -0.39 is 0 Å². The molecule has 102 valence electrons. The Hall–Kier alpha value is -1.77. The van der Waals surface area contributed by atoms with Gasteiger partial charge in [-0.2, -0.15) is 5.10 Å². The summed E-state index contributed by atoms with van der Waals surface area (Å²) < 4.78 is 1.90. The minimum atomic E-state index is 0.459. The molecule has 0 radical (unpaired) electrons. The van der Waals surface area contributed by atoms with Crippen LogP contribution in [0.25, 0.3) is 0 Å². The van der Waals surface area contributed by atoms with Crippen molar-refractivity contribution in [1.29, 1.82) is 0 Å². The molecule has 3 nitrogen and oxygen atoms in total. The first kappa shape index (κ1) is 13.7. The van der Waals surface area contributed by atoms with Crippen LogP contribution in [-0.4, -0.2) is 9.78 Å². The molecule has 2 rings (SSSR count). The second kappa shape index (κ2) is 5.91. The average molecular weight is 257 g/mol. The zero-order valence-corrected chi connectivity index (χ0v) is 12.3. The van der Waals surface area contributed by atoms with Gasteiger partial charge in [0.25, 0.3) is 0 Å². The van der Waals surface area contributed by atoms with E-state index in [0.29, 0.717) is 5.92 Å². The highest BCUT2D eigenvalue weighted by Crippen LogP contribution is 2.19. The van der Waals surface area contributed by atoms with Gasteiger partial charge in [0.2, 0.25) is 0 Å². The first-order valence-corrected chi connectivity index (χ1v) is 6.95. The number of hydrogen-bond donors (Lipinski definition) is 1. The molecule has 0 aliphatic heterocycles. The maximum atomic E-state index is 4.53. The van der Waals surface area contributed by atoms with Crippen LogP contribution in [0.5, 0.6) is 0 Å². The summed E-state index contributed by atoms with van der Waals surface area (Å²) >= 11 is 0. The molecular formula is C16H23N3. The zero-order valence-electron chi connectivity index (χ0n) is 12.3. The van der Waals surface area contributed by atoms with E-state index in [9.17, 15) is 0 Å². The third-order valence-electron chi connectivity index (χ3n) is 3.33. The van der Waals surface area contributed by atoms with E-state index in [1.165, 1.54) is 16.8 Å². The Morgan fingerprint density at radius 1 is 1.21 bits per heavy atom. The molecule has 19 heavy (non-hydrogen) atoms. The largest absolute Gasteiger partial charge is 0.381 e. The molecule has 1 aromatic heterocycles. The first-order chi connectivity index (χ1) is 9.10. The fraction of sp³-hybridized carbons (Fsp3) is 0.438. The Morgan fingerprint density at radius 3 is 2.47 bits per heavy atom. The molecule has 2 aromatic rings. The topological polar surface area (TPSA) is 29.9 Å². The minimum Gasteiger partial charge on any atom is -0.381 e. The Morgan fingerprint density at radius 2 is 1.89 bits per heavy atom. The van der Waals surface area contributed by atoms with Gasteiger partial charge in [0.1, 0.15) is 0 Å². The molecule has 0 saturated carbocycles. The van der Waals surface area contributed by atoms with Gasteiger partial charge in [-0.3, -0.25) is 4.68 Å². The van der Waals surface area contributed by atoms with Gasteiger partial charge in [-0.1, -0.05) is 32.9 Å². The molecule has 1 N–H and O–H groups in total. The van der Waals surface area contributed by atoms with Gasteiger partial charge in [-0.05, 0) is 30.0 Å². The quantitative estimate of drug-likeness (QED) is 0.884. The van der Waals surface area contributed by atoms with Crippen molar-refractivity contribution >= 4 is 5.69 Å². The van der Waals surface area contributed by atoms with E-state index in [2.05, 4.69) is 61.6 Å². The molecular weight excluding hydrogens is 234 g/mol. The van der Waals surface area contributed by atoms with E-state index in [0.717, 1.165) is 18.7 Å². The lowest BCUT2D eigenvalue weighted by atomic mass is 10.1. The lowest BCUT2D eigenvalue weighted by Gasteiger charge is -2.08. The summed E-state index contributed by atoms with van der Waals surface area (Å²) in [5.74, 6) is 0.459. The predicted molar refractivity (Wildman–Crippen MR) is 80.4 cm³/mol. The number of anilines is 1. The molecule has 0 spiro atoms. The Kier molecular flexibility index (Phi) is 4.25. The van der Waals surface area contributed by atoms with Crippen LogP contribution in [0.2, 0.25) is 0 Å². The van der Waals surface area contributed by atoms with E-state index >= 15 is 0 Å². The molecule has 1 heterocycles. The molecule has 0 unspecified atom stereocenters. The SMILES string of the molecule is CCc1ccc(NCc2cn(C)nc2C(C)C)cc1. The second-order valence-electron chi connectivity index (χ2n) is 5.27. The summed E-state index contributed by atoms with van der Waals surface area (Å²) in [5, 5.41) is 7.99. The van der Waals surface area contributed by atoms with Gasteiger partial charge in [0.05, 0.1) is 5.69 Å². The van der Waals surface area contributed by atoms with Crippen molar-refractivity contribution in [3.63, 3.8) is 0 Å². The highest BCUT2D eigenvalue weighted by Gasteiger charge is 2.10. The van der Waals surface area contributed by atoms with Crippen molar-refractivity contribution in [1.82, 2.24) is 9.78 Å². The third-order valence-corrected chi connectivity index (χ3v) is 3.33. The van der Waals surface area contributed by atoms with E-state index in [4.69, 9.17) is 0 Å². The maximum absolute atomic E-state index is 4.53. The standard InChI is InChI=1S/C16H23N3/c1-5-13-6-8-15(9-7-13)17-10-14-11-19(4)18-16(14)12(2)3/h6-9,11-12,17H,5,10H2,1-4H3. The molecule has 0 bridgehead atoms. The summed E-state index contributed by atoms with van der Waals surface area (Å²) in [4.78, 5) is 0. The van der Waals surface area contributed by atoms with Crippen molar-refractivity contribution in [3.05, 3.63) is 47.3 Å². The highest BCUT2D eigenvalue weighted by atomic mass is 15.3. The number of benzene rings is 1. The van der Waals surface area contributed by atoms with Crippen LogP contribution >= 0.6 is 0 Å². The number of rotatable bonds is 5. The van der Waals surface area contributed by atoms with Crippen LogP contribution in [0.15, 0.2) is 30.5 Å². The van der Waals surface area contributed by atoms with Gasteiger partial charge in [-0.25, -0.2) is 0 Å². The summed E-state index contributed by atoms with van der Waals surface area (Å²) in [7, 11) is 1.98. The van der Waals surface area contributed by atoms with Crippen LogP contribution in [0, 0.1) is 0 Å². The number of hydrogen-bond acceptors (Lipinski definition) is 2. The molecule has 0 aliphatic rings. The smallest absolute Gasteiger partial charge is 0.0699 e. The second-order valence-corrected chi connectivity index (χ2v) is 5.27. The predicted octanol–water partition coefficient (Wildman–Crippen LogP) is 3.72. The third kappa shape index (κ3) is 3.37. The van der Waals surface area contributed by atoms with Gasteiger partial charge in [0, 0.05) is 31.0 Å². The molecule has 3 heteroatoms. The summed E-state index contributed by atoms with van der Waals surface area (Å²) in [6.07, 6.45) is 3.18. The van der Waals surface area contributed by atoms with Crippen molar-refractivity contribution in [3.8, 4) is 0 Å². The molecule has 0 aliphatic carbocycles. The van der Waals surface area contributed by atoms with Crippen LogP contribution in [0.4, 0.5) is 5.69 Å². The number of aromatic nitrogens is 2. The normalized spacial score (nSPS) is 11.0. The number of nitrogens with one attached hydrogen (secondary N) is 1. The van der Waals surface area contributed by atoms with Crippen LogP contribution in [0.3, 0.4) is 0 Å². The monoisotopic (exact) mass is 257 g/mol. The van der Waals surface area contributed by atoms with Gasteiger partial charge < -0.3 is 5.32 Å². The van der Waals surface area contributed by atoms with E-state index in [1.54, 1.807) is 0 Å². The lowest BCUT2D eigenvalue weighted by Crippen LogP contribution is -2.02. The van der Waals surface area contributed by atoms with Crippen molar-refractivity contribution in [2.24, 2.45) is 7.05 Å². The van der Waals surface area contributed by atoms with Crippen molar-refractivity contribution in [2.45, 2.75) is 39.7 Å². The van der Waals surface area contributed by atoms with Crippen molar-refractivity contribution in [2.75, 3.05) is 5.32 Å². The average Bonchev–Trinajstić information content (AvgIpc) is 2.78. The molecule has 0 atom stereocenters. The number of nitrogens with zero attached hydrogens (tertiary/aromatic N) is 2. The molecule has 1 aromatic carbocycles. The minimum absolute atomic E-state index is 0.459. The summed E-state index contributed by atoms with van der Waals surface area (Å²) in [6.45, 7) is 7.36. The summed E-state index contributed by atoms with van der Waals surface area (Å²) in [6, 6.07) is 8.64. The Balaban J connectivity index is 2.05. The van der Waals surface area contributed by atoms with Crippen LogP contribution in [0.1, 0.15) is 43.5 Å². The highest BCUT2D eigenvalue weighted by molar-refractivity contribution is 5.45. The van der Waals surface area contributed by atoms with Crippen LogP contribution in [-0.2, 0) is 20.0 Å². The lowest BCUT2D eigenvalue weighted by molar-refractivity contribution is 0.712. The van der Waals surface area contributed by atoms with Gasteiger partial charge in [0.15, 0.2) is 0 Å².